The predicted octanol–water partition coefficient (Wildman–Crippen LogP) is 3.50. The van der Waals surface area contributed by atoms with E-state index in [1.54, 1.807) is 18.2 Å². The minimum Gasteiger partial charge on any atom is -0.323 e. The molecular weight excluding hydrogens is 449 g/mol. The molecule has 1 aliphatic rings. The minimum absolute atomic E-state index is 0.0302. The Morgan fingerprint density at radius 2 is 1.89 bits per heavy atom. The monoisotopic (exact) mass is 465 g/mol. The number of amides is 1. The Morgan fingerprint density at radius 3 is 2.54 bits per heavy atom. The predicted molar refractivity (Wildman–Crippen MR) is 105 cm³/mol. The third kappa shape index (κ3) is 4.24. The molecule has 6 nitrogen and oxygen atoms in total. The first-order chi connectivity index (χ1) is 13.3. The van der Waals surface area contributed by atoms with Crippen LogP contribution in [-0.4, -0.2) is 31.7 Å². The summed E-state index contributed by atoms with van der Waals surface area (Å²) in [5, 5.41) is 11.7. The third-order valence-corrected chi connectivity index (χ3v) is 7.09. The Balaban J connectivity index is 1.67. The lowest BCUT2D eigenvalue weighted by molar-refractivity contribution is -0.120. The molecule has 0 aliphatic carbocycles. The van der Waals surface area contributed by atoms with Crippen LogP contribution in [0.2, 0.25) is 0 Å². The van der Waals surface area contributed by atoms with Crippen molar-refractivity contribution in [3.05, 3.63) is 58.3 Å². The van der Waals surface area contributed by atoms with Crippen molar-refractivity contribution < 1.29 is 17.6 Å². The standard InChI is InChI=1S/C19H17BrFN3O3S/c20-15-5-6-17(16(21)11-15)23-19(25)13-7-9-24(10-8-13)28(26,27)18-4-2-1-3-14(18)12-22/h1-6,11,13H,7-10H2,(H,23,25). The molecule has 1 saturated heterocycles. The second-order valence-electron chi connectivity index (χ2n) is 6.40. The minimum atomic E-state index is -3.81. The summed E-state index contributed by atoms with van der Waals surface area (Å²) in [6, 6.07) is 12.3. The van der Waals surface area contributed by atoms with E-state index in [9.17, 15) is 17.6 Å². The normalized spacial score (nSPS) is 15.8. The van der Waals surface area contributed by atoms with E-state index >= 15 is 0 Å². The van der Waals surface area contributed by atoms with Gasteiger partial charge in [0.2, 0.25) is 15.9 Å². The van der Waals surface area contributed by atoms with Crippen LogP contribution in [-0.2, 0) is 14.8 Å². The van der Waals surface area contributed by atoms with E-state index in [1.807, 2.05) is 6.07 Å². The number of sulfonamides is 1. The fourth-order valence-electron chi connectivity index (χ4n) is 3.11. The summed E-state index contributed by atoms with van der Waals surface area (Å²) in [4.78, 5) is 12.4. The zero-order chi connectivity index (χ0) is 20.3. The van der Waals surface area contributed by atoms with Gasteiger partial charge in [-0.2, -0.15) is 9.57 Å². The van der Waals surface area contributed by atoms with Gasteiger partial charge < -0.3 is 5.32 Å². The maximum absolute atomic E-state index is 13.9. The Kier molecular flexibility index (Phi) is 6.13. The lowest BCUT2D eigenvalue weighted by atomic mass is 9.97. The fraction of sp³-hybridized carbons (Fsp3) is 0.263. The molecule has 1 N–H and O–H groups in total. The maximum Gasteiger partial charge on any atom is 0.244 e. The molecule has 0 unspecified atom stereocenters. The van der Waals surface area contributed by atoms with Gasteiger partial charge >= 0.3 is 0 Å². The Hall–Kier alpha value is -2.28. The van der Waals surface area contributed by atoms with Gasteiger partial charge in [-0.15, -0.1) is 0 Å². The van der Waals surface area contributed by atoms with Gasteiger partial charge in [0, 0.05) is 23.5 Å². The summed E-state index contributed by atoms with van der Waals surface area (Å²) in [5.74, 6) is -1.30. The van der Waals surface area contributed by atoms with E-state index in [1.165, 1.54) is 28.6 Å². The third-order valence-electron chi connectivity index (χ3n) is 4.64. The number of benzene rings is 2. The smallest absolute Gasteiger partial charge is 0.244 e. The first-order valence-electron chi connectivity index (χ1n) is 8.58. The van der Waals surface area contributed by atoms with Crippen LogP contribution in [0.5, 0.6) is 0 Å². The molecular formula is C19H17BrFN3O3S. The van der Waals surface area contributed by atoms with Gasteiger partial charge in [-0.1, -0.05) is 28.1 Å². The van der Waals surface area contributed by atoms with Gasteiger partial charge in [-0.05, 0) is 43.2 Å². The van der Waals surface area contributed by atoms with Crippen molar-refractivity contribution in [2.24, 2.45) is 5.92 Å². The van der Waals surface area contributed by atoms with Gasteiger partial charge in [0.05, 0.1) is 16.1 Å². The van der Waals surface area contributed by atoms with E-state index in [0.29, 0.717) is 17.3 Å². The van der Waals surface area contributed by atoms with Crippen molar-refractivity contribution in [2.75, 3.05) is 18.4 Å². The summed E-state index contributed by atoms with van der Waals surface area (Å²) in [6.45, 7) is 0.312. The number of rotatable bonds is 4. The van der Waals surface area contributed by atoms with Crippen LogP contribution in [0.3, 0.4) is 0 Å². The number of hydrogen-bond acceptors (Lipinski definition) is 4. The molecule has 1 aliphatic heterocycles. The Labute approximate surface area is 171 Å². The van der Waals surface area contributed by atoms with Crippen LogP contribution in [0, 0.1) is 23.1 Å². The molecule has 2 aromatic carbocycles. The highest BCUT2D eigenvalue weighted by Gasteiger charge is 2.33. The average Bonchev–Trinajstić information content (AvgIpc) is 2.70. The van der Waals surface area contributed by atoms with Gasteiger partial charge in [0.1, 0.15) is 11.9 Å². The van der Waals surface area contributed by atoms with E-state index in [-0.39, 0.29) is 35.1 Å². The summed E-state index contributed by atoms with van der Waals surface area (Å²) in [7, 11) is -3.81. The van der Waals surface area contributed by atoms with Gasteiger partial charge in [-0.3, -0.25) is 4.79 Å². The molecule has 9 heteroatoms. The number of nitriles is 1. The van der Waals surface area contributed by atoms with Crippen LogP contribution in [0.15, 0.2) is 51.8 Å². The molecule has 2 aromatic rings. The average molecular weight is 466 g/mol. The summed E-state index contributed by atoms with van der Waals surface area (Å²) >= 11 is 3.16. The van der Waals surface area contributed by atoms with Crippen molar-refractivity contribution in [3.8, 4) is 6.07 Å². The molecule has 0 aromatic heterocycles. The first-order valence-corrected chi connectivity index (χ1v) is 10.8. The number of hydrogen-bond donors (Lipinski definition) is 1. The quantitative estimate of drug-likeness (QED) is 0.747. The van der Waals surface area contributed by atoms with Crippen LogP contribution in [0.4, 0.5) is 10.1 Å². The molecule has 1 fully saturated rings. The number of carbonyl (C=O) groups is 1. The highest BCUT2D eigenvalue weighted by molar-refractivity contribution is 9.10. The number of piperidine rings is 1. The molecule has 0 radical (unpaired) electrons. The second kappa shape index (κ2) is 8.39. The molecule has 146 valence electrons. The fourth-order valence-corrected chi connectivity index (χ4v) is 5.05. The second-order valence-corrected chi connectivity index (χ2v) is 9.22. The number of carbonyl (C=O) groups excluding carboxylic acids is 1. The van der Waals surface area contributed by atoms with E-state index < -0.39 is 21.8 Å². The molecule has 3 rings (SSSR count). The molecule has 0 atom stereocenters. The van der Waals surface area contributed by atoms with Gasteiger partial charge in [0.15, 0.2) is 0 Å². The molecule has 0 saturated carbocycles. The van der Waals surface area contributed by atoms with E-state index in [4.69, 9.17) is 5.26 Å². The molecule has 1 amide bonds. The van der Waals surface area contributed by atoms with E-state index in [0.717, 1.165) is 0 Å². The first kappa shape index (κ1) is 20.5. The highest BCUT2D eigenvalue weighted by atomic mass is 79.9. The van der Waals surface area contributed by atoms with Crippen LogP contribution in [0.1, 0.15) is 18.4 Å². The lowest BCUT2D eigenvalue weighted by Crippen LogP contribution is -2.41. The largest absolute Gasteiger partial charge is 0.323 e. The number of nitrogens with zero attached hydrogens (tertiary/aromatic N) is 2. The SMILES string of the molecule is N#Cc1ccccc1S(=O)(=O)N1CCC(C(=O)Nc2ccc(Br)cc2F)CC1. The zero-order valence-corrected chi connectivity index (χ0v) is 17.1. The van der Waals surface area contributed by atoms with Crippen molar-refractivity contribution in [3.63, 3.8) is 0 Å². The summed E-state index contributed by atoms with van der Waals surface area (Å²) in [6.07, 6.45) is 0.635. The van der Waals surface area contributed by atoms with Crippen LogP contribution >= 0.6 is 15.9 Å². The van der Waals surface area contributed by atoms with Crippen molar-refractivity contribution >= 4 is 37.5 Å². The Morgan fingerprint density at radius 1 is 1.21 bits per heavy atom. The molecule has 1 heterocycles. The summed E-state index contributed by atoms with van der Waals surface area (Å²) < 4.78 is 41.4. The van der Waals surface area contributed by atoms with E-state index in [2.05, 4.69) is 21.2 Å². The number of halogens is 2. The molecule has 28 heavy (non-hydrogen) atoms. The summed E-state index contributed by atoms with van der Waals surface area (Å²) in [5.41, 5.74) is 0.180. The Bertz CT molecular complexity index is 1040. The highest BCUT2D eigenvalue weighted by Crippen LogP contribution is 2.27. The van der Waals surface area contributed by atoms with Crippen LogP contribution in [0.25, 0.3) is 0 Å². The van der Waals surface area contributed by atoms with Crippen LogP contribution < -0.4 is 5.32 Å². The lowest BCUT2D eigenvalue weighted by Gasteiger charge is -2.30. The zero-order valence-electron chi connectivity index (χ0n) is 14.7. The van der Waals surface area contributed by atoms with Gasteiger partial charge in [-0.25, -0.2) is 12.8 Å². The maximum atomic E-state index is 13.9. The number of nitrogens with one attached hydrogen (secondary N) is 1. The van der Waals surface area contributed by atoms with Gasteiger partial charge in [0.25, 0.3) is 0 Å². The van der Waals surface area contributed by atoms with Crippen molar-refractivity contribution in [2.45, 2.75) is 17.7 Å². The van der Waals surface area contributed by atoms with Crippen molar-refractivity contribution in [1.29, 1.82) is 5.26 Å². The topological polar surface area (TPSA) is 90.3 Å². The molecule has 0 spiro atoms. The number of anilines is 1. The molecule has 0 bridgehead atoms. The van der Waals surface area contributed by atoms with Crippen molar-refractivity contribution in [1.82, 2.24) is 4.31 Å².